The Morgan fingerprint density at radius 1 is 1.25 bits per heavy atom. The van der Waals surface area contributed by atoms with Crippen molar-refractivity contribution in [2.45, 2.75) is 62.4 Å². The van der Waals surface area contributed by atoms with Gasteiger partial charge >= 0.3 is 5.97 Å². The van der Waals surface area contributed by atoms with Crippen LogP contribution in [0.25, 0.3) is 0 Å². The molecule has 2 aliphatic carbocycles. The maximum absolute atomic E-state index is 13.1. The number of esters is 1. The van der Waals surface area contributed by atoms with Crippen LogP contribution in [0.4, 0.5) is 5.69 Å². The van der Waals surface area contributed by atoms with E-state index in [0.29, 0.717) is 25.5 Å². The second-order valence-corrected chi connectivity index (χ2v) is 13.2. The fourth-order valence-electron chi connectivity index (χ4n) is 7.30. The van der Waals surface area contributed by atoms with Gasteiger partial charge < -0.3 is 24.4 Å². The number of aliphatic hydroxyl groups is 1. The molecule has 2 aromatic carbocycles. The van der Waals surface area contributed by atoms with Crippen molar-refractivity contribution in [3.8, 4) is 5.75 Å². The third kappa shape index (κ3) is 6.54. The molecular formula is C36H45ClN2O5. The minimum absolute atomic E-state index is 0.00819. The van der Waals surface area contributed by atoms with Crippen molar-refractivity contribution in [2.24, 2.45) is 11.8 Å². The lowest BCUT2D eigenvalue weighted by Crippen LogP contribution is -2.49. The van der Waals surface area contributed by atoms with Crippen LogP contribution in [0.15, 0.2) is 61.7 Å². The molecule has 1 spiro atoms. The van der Waals surface area contributed by atoms with Gasteiger partial charge in [-0.25, -0.2) is 0 Å². The molecule has 2 aromatic rings. The van der Waals surface area contributed by atoms with Gasteiger partial charge in [0.05, 0.1) is 31.4 Å². The van der Waals surface area contributed by atoms with Crippen LogP contribution < -0.4 is 9.64 Å². The SMILES string of the molecule is C=CCCN(C)C(=O)C[C@H](C(=O)OC)c1ccc2c(c1)N(C[C@@H]1CC[C@H]1C(O)C=C)C[C@@]1(CCCc3cc(Cl)ccc31)CO2. The summed E-state index contributed by atoms with van der Waals surface area (Å²) in [6.45, 7) is 10.1. The van der Waals surface area contributed by atoms with Gasteiger partial charge in [0, 0.05) is 43.5 Å². The molecule has 3 aliphatic rings. The molecule has 0 bridgehead atoms. The van der Waals surface area contributed by atoms with Crippen molar-refractivity contribution in [1.82, 2.24) is 4.90 Å². The molecule has 0 aromatic heterocycles. The van der Waals surface area contributed by atoms with E-state index in [1.165, 1.54) is 18.2 Å². The van der Waals surface area contributed by atoms with Crippen molar-refractivity contribution in [3.63, 3.8) is 0 Å². The smallest absolute Gasteiger partial charge is 0.313 e. The first-order chi connectivity index (χ1) is 21.2. The van der Waals surface area contributed by atoms with Crippen molar-refractivity contribution < 1.29 is 24.2 Å². The lowest BCUT2D eigenvalue weighted by atomic mass is 9.68. The van der Waals surface area contributed by atoms with E-state index in [0.717, 1.165) is 67.2 Å². The van der Waals surface area contributed by atoms with Crippen LogP contribution in [0.2, 0.25) is 5.02 Å². The number of carbonyl (C=O) groups is 2. The van der Waals surface area contributed by atoms with Gasteiger partial charge in [-0.2, -0.15) is 0 Å². The Morgan fingerprint density at radius 3 is 2.77 bits per heavy atom. The molecule has 236 valence electrons. The molecule has 1 unspecified atom stereocenters. The lowest BCUT2D eigenvalue weighted by Gasteiger charge is -2.45. The number of carbonyl (C=O) groups excluding carboxylic acids is 2. The van der Waals surface area contributed by atoms with Gasteiger partial charge in [0.15, 0.2) is 0 Å². The van der Waals surface area contributed by atoms with Crippen molar-refractivity contribution in [3.05, 3.63) is 83.4 Å². The zero-order valence-electron chi connectivity index (χ0n) is 26.0. The number of methoxy groups -OCH3 is 1. The monoisotopic (exact) mass is 620 g/mol. The first kappa shape index (κ1) is 32.1. The fraction of sp³-hybridized carbons (Fsp3) is 0.500. The van der Waals surface area contributed by atoms with Gasteiger partial charge in [0.25, 0.3) is 0 Å². The van der Waals surface area contributed by atoms with Gasteiger partial charge in [-0.05, 0) is 91.3 Å². The van der Waals surface area contributed by atoms with Crippen molar-refractivity contribution in [2.75, 3.05) is 45.3 Å². The van der Waals surface area contributed by atoms with E-state index >= 15 is 0 Å². The van der Waals surface area contributed by atoms with E-state index in [4.69, 9.17) is 21.1 Å². The third-order valence-corrected chi connectivity index (χ3v) is 10.3. The molecule has 5 rings (SSSR count). The summed E-state index contributed by atoms with van der Waals surface area (Å²) < 4.78 is 11.8. The van der Waals surface area contributed by atoms with Crippen LogP contribution in [0.5, 0.6) is 5.75 Å². The van der Waals surface area contributed by atoms with Crippen LogP contribution in [-0.4, -0.2) is 68.4 Å². The number of rotatable bonds is 11. The minimum Gasteiger partial charge on any atom is -0.490 e. The normalized spacial score (nSPS) is 23.6. The summed E-state index contributed by atoms with van der Waals surface area (Å²) in [6, 6.07) is 12.0. The second kappa shape index (κ2) is 13.8. The summed E-state index contributed by atoms with van der Waals surface area (Å²) in [6.07, 6.45) is 8.56. The highest BCUT2D eigenvalue weighted by Gasteiger charge is 2.44. The number of nitrogens with zero attached hydrogens (tertiary/aromatic N) is 2. The molecule has 1 N–H and O–H groups in total. The second-order valence-electron chi connectivity index (χ2n) is 12.7. The summed E-state index contributed by atoms with van der Waals surface area (Å²) in [7, 11) is 3.10. The van der Waals surface area contributed by atoms with Crippen LogP contribution in [-0.2, 0) is 26.2 Å². The zero-order valence-corrected chi connectivity index (χ0v) is 26.7. The first-order valence-corrected chi connectivity index (χ1v) is 16.1. The Kier molecular flexibility index (Phi) is 10.1. The Balaban J connectivity index is 1.52. The van der Waals surface area contributed by atoms with Gasteiger partial charge in [-0.15, -0.1) is 13.2 Å². The fourth-order valence-corrected chi connectivity index (χ4v) is 7.49. The number of benzene rings is 2. The number of ether oxygens (including phenoxy) is 2. The van der Waals surface area contributed by atoms with Gasteiger partial charge in [0.1, 0.15) is 5.75 Å². The van der Waals surface area contributed by atoms with Crippen LogP contribution >= 0.6 is 11.6 Å². The molecular weight excluding hydrogens is 576 g/mol. The number of aryl methyl sites for hydroxylation is 1. The standard InChI is InChI=1S/C36H45ClN2O5/c1-5-7-17-38(3)34(41)20-29(35(42)43-4)24-11-15-33-31(19-24)39(21-26-10-13-28(26)32(40)6-2)22-36(23-44-33)16-8-9-25-18-27(37)12-14-30(25)36/h5-6,11-12,14-15,18-19,26,28-29,32,40H,1-2,7-10,13,16-17,20-23H2,3-4H3/t26-,28+,29-,32?,36-/m0/s1. The average molecular weight is 621 g/mol. The van der Waals surface area contributed by atoms with Crippen LogP contribution in [0, 0.1) is 11.8 Å². The Labute approximate surface area is 266 Å². The van der Waals surface area contributed by atoms with Gasteiger partial charge in [-0.3, -0.25) is 9.59 Å². The number of amides is 1. The van der Waals surface area contributed by atoms with E-state index in [9.17, 15) is 14.7 Å². The minimum atomic E-state index is -0.750. The molecule has 1 amide bonds. The third-order valence-electron chi connectivity index (χ3n) is 10.0. The first-order valence-electron chi connectivity index (χ1n) is 15.7. The van der Waals surface area contributed by atoms with Crippen LogP contribution in [0.1, 0.15) is 61.1 Å². The highest BCUT2D eigenvalue weighted by atomic mass is 35.5. The maximum atomic E-state index is 13.1. The summed E-state index contributed by atoms with van der Waals surface area (Å²) in [5, 5.41) is 11.4. The molecule has 1 saturated carbocycles. The zero-order chi connectivity index (χ0) is 31.4. The predicted molar refractivity (Wildman–Crippen MR) is 174 cm³/mol. The number of anilines is 1. The quantitative estimate of drug-likeness (QED) is 0.243. The number of fused-ring (bicyclic) bond motifs is 3. The maximum Gasteiger partial charge on any atom is 0.313 e. The topological polar surface area (TPSA) is 79.3 Å². The summed E-state index contributed by atoms with van der Waals surface area (Å²) in [5.74, 6) is -0.121. The summed E-state index contributed by atoms with van der Waals surface area (Å²) in [4.78, 5) is 30.3. The Hall–Kier alpha value is -3.29. The molecule has 1 aliphatic heterocycles. The lowest BCUT2D eigenvalue weighted by molar-refractivity contribution is -0.145. The van der Waals surface area contributed by atoms with E-state index in [1.54, 1.807) is 24.1 Å². The van der Waals surface area contributed by atoms with Crippen LogP contribution in [0.3, 0.4) is 0 Å². The van der Waals surface area contributed by atoms with Gasteiger partial charge in [-0.1, -0.05) is 35.9 Å². The molecule has 0 saturated heterocycles. The van der Waals surface area contributed by atoms with Crippen molar-refractivity contribution in [1.29, 1.82) is 0 Å². The molecule has 7 nitrogen and oxygen atoms in total. The number of halogens is 1. The van der Waals surface area contributed by atoms with Gasteiger partial charge in [0.2, 0.25) is 5.91 Å². The number of hydrogen-bond donors (Lipinski definition) is 1. The van der Waals surface area contributed by atoms with E-state index < -0.39 is 18.0 Å². The number of hydrogen-bond acceptors (Lipinski definition) is 6. The molecule has 44 heavy (non-hydrogen) atoms. The molecule has 8 heteroatoms. The summed E-state index contributed by atoms with van der Waals surface area (Å²) in [5.41, 5.74) is 3.94. The van der Waals surface area contributed by atoms with E-state index in [2.05, 4.69) is 30.2 Å². The van der Waals surface area contributed by atoms with E-state index in [-0.39, 0.29) is 23.7 Å². The number of aliphatic hydroxyl groups excluding tert-OH is 1. The molecule has 1 fully saturated rings. The highest BCUT2D eigenvalue weighted by molar-refractivity contribution is 6.30. The predicted octanol–water partition coefficient (Wildman–Crippen LogP) is 6.07. The average Bonchev–Trinajstić information content (AvgIpc) is 3.16. The Bertz CT molecular complexity index is 1390. The largest absolute Gasteiger partial charge is 0.490 e. The van der Waals surface area contributed by atoms with Crippen molar-refractivity contribution >= 4 is 29.2 Å². The Morgan fingerprint density at radius 2 is 2.07 bits per heavy atom. The molecule has 1 heterocycles. The van der Waals surface area contributed by atoms with E-state index in [1.807, 2.05) is 24.3 Å². The highest BCUT2D eigenvalue weighted by Crippen LogP contribution is 2.47. The summed E-state index contributed by atoms with van der Waals surface area (Å²) >= 11 is 6.41. The molecule has 5 atom stereocenters. The molecule has 0 radical (unpaired) electrons.